The molecule has 0 N–H and O–H groups in total. The second kappa shape index (κ2) is 12.6. The summed E-state index contributed by atoms with van der Waals surface area (Å²) in [5.74, 6) is 0. The first-order chi connectivity index (χ1) is 29.0. The van der Waals surface area contributed by atoms with E-state index in [0.717, 1.165) is 11.4 Å². The van der Waals surface area contributed by atoms with Crippen molar-refractivity contribution < 1.29 is 0 Å². The largest absolute Gasteiger partial charge is 0.310 e. The summed E-state index contributed by atoms with van der Waals surface area (Å²) in [4.78, 5) is 2.57. The third-order valence-corrected chi connectivity index (χ3v) is 13.4. The summed E-state index contributed by atoms with van der Waals surface area (Å²) < 4.78 is 0. The number of hydrogen-bond acceptors (Lipinski definition) is 1. The van der Waals surface area contributed by atoms with Crippen molar-refractivity contribution in [2.45, 2.75) is 24.7 Å². The van der Waals surface area contributed by atoms with Gasteiger partial charge in [0, 0.05) is 22.4 Å². The highest BCUT2D eigenvalue weighted by molar-refractivity contribution is 6.00. The highest BCUT2D eigenvalue weighted by Gasteiger charge is 2.53. The van der Waals surface area contributed by atoms with E-state index in [1.165, 1.54) is 94.7 Å². The predicted octanol–water partition coefficient (Wildman–Crippen LogP) is 15.1. The molecule has 0 heterocycles. The van der Waals surface area contributed by atoms with E-state index < -0.39 is 5.41 Å². The van der Waals surface area contributed by atoms with Crippen LogP contribution in [0, 0.1) is 0 Å². The van der Waals surface area contributed by atoms with Crippen molar-refractivity contribution in [3.63, 3.8) is 0 Å². The van der Waals surface area contributed by atoms with Crippen molar-refractivity contribution in [2.24, 2.45) is 0 Å². The molecule has 0 saturated heterocycles. The predicted molar refractivity (Wildman–Crippen MR) is 246 cm³/mol. The van der Waals surface area contributed by atoms with Crippen molar-refractivity contribution in [1.29, 1.82) is 0 Å². The lowest BCUT2D eigenvalue weighted by Crippen LogP contribution is -2.28. The Kier molecular flexibility index (Phi) is 7.26. The van der Waals surface area contributed by atoms with Crippen LogP contribution < -0.4 is 4.90 Å². The molecule has 9 aromatic rings. The monoisotopic (exact) mass is 751 g/mol. The normalized spacial score (nSPS) is 14.2. The van der Waals surface area contributed by atoms with Crippen LogP contribution >= 0.6 is 0 Å². The van der Waals surface area contributed by atoms with Crippen LogP contribution in [-0.2, 0) is 10.8 Å². The molecule has 0 atom stereocenters. The van der Waals surface area contributed by atoms with Crippen LogP contribution in [0.15, 0.2) is 212 Å². The van der Waals surface area contributed by atoms with Gasteiger partial charge in [0.1, 0.15) is 0 Å². The van der Waals surface area contributed by atoms with Crippen molar-refractivity contribution in [3.05, 3.63) is 246 Å². The van der Waals surface area contributed by atoms with Gasteiger partial charge in [0.05, 0.1) is 11.1 Å². The Balaban J connectivity index is 1.20. The van der Waals surface area contributed by atoms with Crippen molar-refractivity contribution >= 4 is 17.1 Å². The fraction of sp³-hybridized carbons (Fsp3) is 0.0690. The van der Waals surface area contributed by atoms with Crippen LogP contribution in [0.5, 0.6) is 0 Å². The molecular formula is C58H41N. The molecular weight excluding hydrogens is 711 g/mol. The molecule has 0 aliphatic heterocycles. The van der Waals surface area contributed by atoms with Crippen LogP contribution in [0.1, 0.15) is 47.2 Å². The van der Waals surface area contributed by atoms with E-state index in [0.29, 0.717) is 0 Å². The van der Waals surface area contributed by atoms with Gasteiger partial charge in [-0.05, 0) is 120 Å². The van der Waals surface area contributed by atoms with Gasteiger partial charge in [0.15, 0.2) is 0 Å². The molecule has 3 aliphatic rings. The number of rotatable bonds is 5. The van der Waals surface area contributed by atoms with Crippen molar-refractivity contribution in [3.8, 4) is 55.6 Å². The molecule has 0 radical (unpaired) electrons. The molecule has 278 valence electrons. The van der Waals surface area contributed by atoms with Gasteiger partial charge in [-0.25, -0.2) is 0 Å². The summed E-state index contributed by atoms with van der Waals surface area (Å²) in [5.41, 5.74) is 23.5. The summed E-state index contributed by atoms with van der Waals surface area (Å²) in [6.07, 6.45) is 0. The quantitative estimate of drug-likeness (QED) is 0.169. The molecule has 0 amide bonds. The summed E-state index contributed by atoms with van der Waals surface area (Å²) in [6, 6.07) is 79.4. The van der Waals surface area contributed by atoms with Gasteiger partial charge in [-0.15, -0.1) is 0 Å². The molecule has 3 aliphatic carbocycles. The minimum Gasteiger partial charge on any atom is -0.310 e. The van der Waals surface area contributed by atoms with Crippen molar-refractivity contribution in [1.82, 2.24) is 0 Å². The number of nitrogens with zero attached hydrogens (tertiary/aromatic N) is 1. The fourth-order valence-corrected chi connectivity index (χ4v) is 10.9. The first kappa shape index (κ1) is 33.9. The smallest absolute Gasteiger partial charge is 0.0746 e. The van der Waals surface area contributed by atoms with Gasteiger partial charge < -0.3 is 4.90 Å². The minimum atomic E-state index is -0.515. The Hall–Kier alpha value is -7.22. The number of benzene rings is 9. The lowest BCUT2D eigenvalue weighted by Gasteiger charge is -2.36. The van der Waals surface area contributed by atoms with E-state index in [1.807, 2.05) is 0 Å². The molecule has 12 rings (SSSR count). The van der Waals surface area contributed by atoms with Gasteiger partial charge >= 0.3 is 0 Å². The fourth-order valence-electron chi connectivity index (χ4n) is 10.9. The Morgan fingerprint density at radius 2 is 0.746 bits per heavy atom. The molecule has 9 aromatic carbocycles. The zero-order chi connectivity index (χ0) is 39.3. The standard InChI is InChI=1S/C58H41N/c1-57(2)50-27-13-9-25-47(50)49-37-42(32-33-51(49)57)59(43-35-40(38-18-5-3-6-19-38)34-41(36-43)39-20-7-4-8-21-39)55-31-17-26-48-46-24-12-16-30-54(46)58(56(48)55)52-28-14-10-22-44(52)45-23-11-15-29-53(45)58/h3-37H,1-2H3. The SMILES string of the molecule is CC1(C)c2ccccc2-c2cc(N(c3cc(-c4ccccc4)cc(-c4ccccc4)c3)c3cccc4c3C3(c5ccccc5-c5ccccc53)c3ccccc3-4)ccc21. The van der Waals surface area contributed by atoms with Gasteiger partial charge in [0.25, 0.3) is 0 Å². The lowest BCUT2D eigenvalue weighted by atomic mass is 9.70. The van der Waals surface area contributed by atoms with E-state index in [-0.39, 0.29) is 5.41 Å². The van der Waals surface area contributed by atoms with Crippen LogP contribution in [0.4, 0.5) is 17.1 Å². The van der Waals surface area contributed by atoms with Gasteiger partial charge in [-0.2, -0.15) is 0 Å². The van der Waals surface area contributed by atoms with Crippen LogP contribution in [0.3, 0.4) is 0 Å². The van der Waals surface area contributed by atoms with Crippen LogP contribution in [0.2, 0.25) is 0 Å². The lowest BCUT2D eigenvalue weighted by molar-refractivity contribution is 0.660. The average Bonchev–Trinajstić information content (AvgIpc) is 3.86. The second-order valence-corrected chi connectivity index (χ2v) is 16.8. The maximum absolute atomic E-state index is 2.57. The van der Waals surface area contributed by atoms with E-state index in [9.17, 15) is 0 Å². The summed E-state index contributed by atoms with van der Waals surface area (Å²) in [6.45, 7) is 4.73. The van der Waals surface area contributed by atoms with E-state index in [1.54, 1.807) is 0 Å². The first-order valence-electron chi connectivity index (χ1n) is 20.8. The van der Waals surface area contributed by atoms with Gasteiger partial charge in [-0.3, -0.25) is 0 Å². The van der Waals surface area contributed by atoms with Crippen LogP contribution in [-0.4, -0.2) is 0 Å². The molecule has 0 aromatic heterocycles. The summed E-state index contributed by atoms with van der Waals surface area (Å²) in [7, 11) is 0. The molecule has 1 nitrogen and oxygen atoms in total. The molecule has 59 heavy (non-hydrogen) atoms. The third-order valence-electron chi connectivity index (χ3n) is 13.4. The molecule has 0 saturated carbocycles. The van der Waals surface area contributed by atoms with Crippen molar-refractivity contribution in [2.75, 3.05) is 4.90 Å². The molecule has 0 unspecified atom stereocenters. The molecule has 0 fully saturated rings. The first-order valence-corrected chi connectivity index (χ1v) is 20.8. The maximum atomic E-state index is 2.57. The molecule has 1 heteroatoms. The van der Waals surface area contributed by atoms with Gasteiger partial charge in [0.2, 0.25) is 0 Å². The number of hydrogen-bond donors (Lipinski definition) is 0. The molecule has 1 spiro atoms. The van der Waals surface area contributed by atoms with Crippen LogP contribution in [0.25, 0.3) is 55.6 Å². The maximum Gasteiger partial charge on any atom is 0.0746 e. The van der Waals surface area contributed by atoms with E-state index >= 15 is 0 Å². The Labute approximate surface area is 346 Å². The zero-order valence-corrected chi connectivity index (χ0v) is 33.2. The Morgan fingerprint density at radius 1 is 0.305 bits per heavy atom. The zero-order valence-electron chi connectivity index (χ0n) is 33.2. The Bertz CT molecular complexity index is 3010. The number of fused-ring (bicyclic) bond motifs is 13. The number of anilines is 3. The minimum absolute atomic E-state index is 0.0973. The highest BCUT2D eigenvalue weighted by Crippen LogP contribution is 2.65. The topological polar surface area (TPSA) is 3.24 Å². The highest BCUT2D eigenvalue weighted by atomic mass is 15.1. The van der Waals surface area contributed by atoms with Gasteiger partial charge in [-0.1, -0.05) is 190 Å². The summed E-state index contributed by atoms with van der Waals surface area (Å²) >= 11 is 0. The Morgan fingerprint density at radius 3 is 1.31 bits per heavy atom. The third kappa shape index (κ3) is 4.73. The second-order valence-electron chi connectivity index (χ2n) is 16.8. The van der Waals surface area contributed by atoms with E-state index in [2.05, 4.69) is 231 Å². The summed E-state index contributed by atoms with van der Waals surface area (Å²) in [5, 5.41) is 0. The average molecular weight is 752 g/mol. The molecule has 0 bridgehead atoms. The van der Waals surface area contributed by atoms with E-state index in [4.69, 9.17) is 0 Å².